The minimum absolute atomic E-state index is 0.000148. The van der Waals surface area contributed by atoms with Gasteiger partial charge in [0, 0.05) is 46.1 Å². The third kappa shape index (κ3) is 8.69. The van der Waals surface area contributed by atoms with Crippen molar-refractivity contribution in [3.05, 3.63) is 124 Å². The number of nitrogens with one attached hydrogen (secondary N) is 3. The molecule has 0 unspecified atom stereocenters. The van der Waals surface area contributed by atoms with Gasteiger partial charge >= 0.3 is 0 Å². The molecule has 0 radical (unpaired) electrons. The maximum atomic E-state index is 12.9. The molecule has 2 amide bonds. The maximum Gasteiger partial charge on any atom is 0.293 e. The summed E-state index contributed by atoms with van der Waals surface area (Å²) < 4.78 is 33.0. The number of methoxy groups -OCH3 is 1. The van der Waals surface area contributed by atoms with Gasteiger partial charge in [-0.1, -0.05) is 36.4 Å². The fourth-order valence-electron chi connectivity index (χ4n) is 3.95. The number of carbonyl (C=O) groups is 2. The summed E-state index contributed by atoms with van der Waals surface area (Å²) in [6.07, 6.45) is 2.92. The van der Waals surface area contributed by atoms with Crippen LogP contribution in [0.25, 0.3) is 6.08 Å². The van der Waals surface area contributed by atoms with E-state index in [1.54, 1.807) is 30.0 Å². The van der Waals surface area contributed by atoms with E-state index in [4.69, 9.17) is 4.74 Å². The van der Waals surface area contributed by atoms with Crippen molar-refractivity contribution in [2.45, 2.75) is 9.79 Å². The van der Waals surface area contributed by atoms with Crippen molar-refractivity contribution >= 4 is 56.7 Å². The molecular weight excluding hydrogens is 604 g/mol. The van der Waals surface area contributed by atoms with Crippen molar-refractivity contribution in [1.82, 2.24) is 4.72 Å². The largest absolute Gasteiger partial charge is 0.496 e. The van der Waals surface area contributed by atoms with Crippen molar-refractivity contribution in [2.24, 2.45) is 0 Å². The fraction of sp³-hybridized carbons (Fsp3) is 0.0968. The van der Waals surface area contributed by atoms with Crippen molar-refractivity contribution in [3.63, 3.8) is 0 Å². The number of anilines is 2. The Morgan fingerprint density at radius 3 is 2.36 bits per heavy atom. The molecule has 0 aliphatic carbocycles. The minimum atomic E-state index is -4.44. The summed E-state index contributed by atoms with van der Waals surface area (Å²) >= 11 is 1.57. The van der Waals surface area contributed by atoms with E-state index >= 15 is 0 Å². The van der Waals surface area contributed by atoms with Gasteiger partial charge < -0.3 is 15.4 Å². The quantitative estimate of drug-likeness (QED) is 0.0563. The molecule has 0 aliphatic rings. The molecule has 0 bridgehead atoms. The zero-order chi connectivity index (χ0) is 31.5. The highest BCUT2D eigenvalue weighted by atomic mass is 32.2. The lowest BCUT2D eigenvalue weighted by molar-refractivity contribution is -0.384. The summed E-state index contributed by atoms with van der Waals surface area (Å²) in [7, 11) is -2.91. The monoisotopic (exact) mass is 632 g/mol. The molecule has 4 aromatic rings. The van der Waals surface area contributed by atoms with Crippen LogP contribution in [0.2, 0.25) is 0 Å². The number of hydrogen-bond donors (Lipinski definition) is 3. The normalized spacial score (nSPS) is 11.1. The predicted molar refractivity (Wildman–Crippen MR) is 171 cm³/mol. The number of nitro groups is 1. The van der Waals surface area contributed by atoms with Crippen molar-refractivity contribution in [3.8, 4) is 5.75 Å². The summed E-state index contributed by atoms with van der Waals surface area (Å²) in [4.78, 5) is 36.7. The molecule has 0 saturated heterocycles. The molecule has 13 heteroatoms. The molecule has 0 heterocycles. The summed E-state index contributed by atoms with van der Waals surface area (Å²) in [6.45, 7) is 0.401. The SMILES string of the molecule is COc1ccccc1/C=C/C(=O)Nc1ccc(C(=O)NS(=O)(=O)c2ccc(NCCSc3ccccc3)c([N+](=O)[O-])c2)cc1. The first-order valence-electron chi connectivity index (χ1n) is 13.2. The van der Waals surface area contributed by atoms with Crippen molar-refractivity contribution in [2.75, 3.05) is 30.0 Å². The smallest absolute Gasteiger partial charge is 0.293 e. The Hall–Kier alpha value is -5.14. The second-order valence-electron chi connectivity index (χ2n) is 9.10. The summed E-state index contributed by atoms with van der Waals surface area (Å²) in [5.41, 5.74) is 0.807. The summed E-state index contributed by atoms with van der Waals surface area (Å²) in [5, 5.41) is 17.3. The number of rotatable bonds is 13. The number of hydrogen-bond acceptors (Lipinski definition) is 9. The first kappa shape index (κ1) is 31.8. The average Bonchev–Trinajstić information content (AvgIpc) is 3.02. The van der Waals surface area contributed by atoms with Crippen LogP contribution >= 0.6 is 11.8 Å². The molecule has 0 aliphatic heterocycles. The summed E-state index contributed by atoms with van der Waals surface area (Å²) in [5.74, 6) is -0.135. The zero-order valence-corrected chi connectivity index (χ0v) is 25.1. The molecule has 44 heavy (non-hydrogen) atoms. The number of benzene rings is 4. The zero-order valence-electron chi connectivity index (χ0n) is 23.4. The van der Waals surface area contributed by atoms with Crippen LogP contribution in [0.15, 0.2) is 113 Å². The fourth-order valence-corrected chi connectivity index (χ4v) is 5.73. The van der Waals surface area contributed by atoms with Gasteiger partial charge in [0.15, 0.2) is 0 Å². The summed E-state index contributed by atoms with van der Waals surface area (Å²) in [6, 6.07) is 25.8. The Morgan fingerprint density at radius 2 is 1.66 bits per heavy atom. The molecule has 4 aromatic carbocycles. The van der Waals surface area contributed by atoms with Gasteiger partial charge in [0.2, 0.25) is 5.91 Å². The van der Waals surface area contributed by atoms with Crippen molar-refractivity contribution in [1.29, 1.82) is 0 Å². The molecule has 4 rings (SSSR count). The van der Waals surface area contributed by atoms with Gasteiger partial charge in [0.05, 0.1) is 16.9 Å². The third-order valence-electron chi connectivity index (χ3n) is 6.10. The number of nitrogens with zero attached hydrogens (tertiary/aromatic N) is 1. The Labute approximate surface area is 258 Å². The number of nitro benzene ring substituents is 1. The molecule has 0 saturated carbocycles. The van der Waals surface area contributed by atoms with E-state index in [0.717, 1.165) is 11.0 Å². The van der Waals surface area contributed by atoms with Crippen LogP contribution in [-0.2, 0) is 14.8 Å². The lowest BCUT2D eigenvalue weighted by Crippen LogP contribution is -2.30. The van der Waals surface area contributed by atoms with Crippen LogP contribution in [-0.4, -0.2) is 44.6 Å². The first-order chi connectivity index (χ1) is 21.2. The Balaban J connectivity index is 1.36. The minimum Gasteiger partial charge on any atom is -0.496 e. The maximum absolute atomic E-state index is 12.9. The van der Waals surface area contributed by atoms with E-state index in [9.17, 15) is 28.1 Å². The molecule has 0 fully saturated rings. The van der Waals surface area contributed by atoms with Gasteiger partial charge in [-0.05, 0) is 60.7 Å². The number of thioether (sulfide) groups is 1. The molecular formula is C31H28N4O7S2. The number of para-hydroxylation sites is 1. The lowest BCUT2D eigenvalue weighted by Gasteiger charge is -2.11. The van der Waals surface area contributed by atoms with Crippen molar-refractivity contribution < 1.29 is 27.7 Å². The van der Waals surface area contributed by atoms with E-state index in [-0.39, 0.29) is 11.3 Å². The Kier molecular flexibility index (Phi) is 10.7. The van der Waals surface area contributed by atoms with Gasteiger partial charge in [-0.25, -0.2) is 13.1 Å². The van der Waals surface area contributed by atoms with Crippen LogP contribution in [0.5, 0.6) is 5.75 Å². The molecule has 0 spiro atoms. The third-order valence-corrected chi connectivity index (χ3v) is 8.44. The Morgan fingerprint density at radius 1 is 0.955 bits per heavy atom. The highest BCUT2D eigenvalue weighted by Crippen LogP contribution is 2.28. The number of sulfonamides is 1. The van der Waals surface area contributed by atoms with E-state index < -0.39 is 37.3 Å². The van der Waals surface area contributed by atoms with E-state index in [0.29, 0.717) is 29.3 Å². The average molecular weight is 633 g/mol. The van der Waals surface area contributed by atoms with Gasteiger partial charge in [-0.3, -0.25) is 19.7 Å². The second-order valence-corrected chi connectivity index (χ2v) is 12.0. The van der Waals surface area contributed by atoms with E-state index in [1.165, 1.54) is 49.6 Å². The highest BCUT2D eigenvalue weighted by molar-refractivity contribution is 7.99. The number of ether oxygens (including phenoxy) is 1. The van der Waals surface area contributed by atoms with Crippen LogP contribution in [0.4, 0.5) is 17.1 Å². The number of carbonyl (C=O) groups excluding carboxylic acids is 2. The van der Waals surface area contributed by atoms with Crippen LogP contribution in [0, 0.1) is 10.1 Å². The highest BCUT2D eigenvalue weighted by Gasteiger charge is 2.24. The molecule has 0 atom stereocenters. The number of amides is 2. The van der Waals surface area contributed by atoms with Gasteiger partial charge in [0.1, 0.15) is 11.4 Å². The van der Waals surface area contributed by atoms with E-state index in [2.05, 4.69) is 10.6 Å². The molecule has 11 nitrogen and oxygen atoms in total. The topological polar surface area (TPSA) is 157 Å². The molecule has 3 N–H and O–H groups in total. The standard InChI is InChI=1S/C31H28N4O7S2/c1-42-29-10-6-5-7-22(29)13-18-30(36)33-24-14-11-23(12-15-24)31(37)34-44(40,41)26-16-17-27(28(21-26)35(38)39)32-19-20-43-25-8-3-2-4-9-25/h2-18,21,32H,19-20H2,1H3,(H,33,36)(H,34,37)/b18-13+. The molecule has 0 aromatic heterocycles. The Bertz CT molecular complexity index is 1780. The predicted octanol–water partition coefficient (Wildman–Crippen LogP) is 5.58. The molecule has 226 valence electrons. The first-order valence-corrected chi connectivity index (χ1v) is 15.6. The van der Waals surface area contributed by atoms with Crippen LogP contribution in [0.1, 0.15) is 15.9 Å². The van der Waals surface area contributed by atoms with Crippen LogP contribution in [0.3, 0.4) is 0 Å². The van der Waals surface area contributed by atoms with E-state index in [1.807, 2.05) is 47.2 Å². The van der Waals surface area contributed by atoms with Crippen LogP contribution < -0.4 is 20.1 Å². The lowest BCUT2D eigenvalue weighted by atomic mass is 10.2. The van der Waals surface area contributed by atoms with Gasteiger partial charge in [0.25, 0.3) is 21.6 Å². The van der Waals surface area contributed by atoms with Gasteiger partial charge in [-0.15, -0.1) is 11.8 Å². The second kappa shape index (κ2) is 14.8. The van der Waals surface area contributed by atoms with Gasteiger partial charge in [-0.2, -0.15) is 0 Å².